The molecule has 0 saturated carbocycles. The van der Waals surface area contributed by atoms with E-state index in [1.165, 1.54) is 0 Å². The molecule has 6 nitrogen and oxygen atoms in total. The molecule has 0 bridgehead atoms. The van der Waals surface area contributed by atoms with Gasteiger partial charge in [0.15, 0.2) is 17.3 Å². The fraction of sp³-hybridized carbons (Fsp3) is 0.0435. The molecule has 0 unspecified atom stereocenters. The number of para-hydroxylation sites is 1. The molecular weight excluding hydrogens is 364 g/mol. The Morgan fingerprint density at radius 1 is 0.621 bits per heavy atom. The van der Waals surface area contributed by atoms with E-state index in [2.05, 4.69) is 10.6 Å². The van der Waals surface area contributed by atoms with Gasteiger partial charge >= 0.3 is 0 Å². The highest BCUT2D eigenvalue weighted by Crippen LogP contribution is 2.35. The van der Waals surface area contributed by atoms with Crippen LogP contribution in [0, 0.1) is 0 Å². The summed E-state index contributed by atoms with van der Waals surface area (Å²) >= 11 is 0. The maximum Gasteiger partial charge on any atom is 0.231 e. The molecule has 0 fully saturated rings. The molecule has 29 heavy (non-hydrogen) atoms. The number of nitrogens with zero attached hydrogens (tertiary/aromatic N) is 2. The number of benzene rings is 3. The molecule has 0 radical (unpaired) electrons. The number of aromatic nitrogens is 2. The quantitative estimate of drug-likeness (QED) is 0.484. The summed E-state index contributed by atoms with van der Waals surface area (Å²) < 4.78 is 10.8. The average Bonchev–Trinajstić information content (AvgIpc) is 3.23. The van der Waals surface area contributed by atoms with Crippen LogP contribution in [-0.2, 0) is 0 Å². The molecule has 2 N–H and O–H groups in total. The lowest BCUT2D eigenvalue weighted by molar-refractivity contribution is 0.174. The van der Waals surface area contributed by atoms with E-state index >= 15 is 0 Å². The molecule has 1 aromatic heterocycles. The molecule has 1 aliphatic heterocycles. The molecule has 0 saturated heterocycles. The summed E-state index contributed by atoms with van der Waals surface area (Å²) in [5, 5.41) is 6.69. The summed E-state index contributed by atoms with van der Waals surface area (Å²) in [6.45, 7) is 0.246. The zero-order valence-electron chi connectivity index (χ0n) is 15.5. The van der Waals surface area contributed by atoms with Gasteiger partial charge in [-0.15, -0.1) is 0 Å². The lowest BCUT2D eigenvalue weighted by Gasteiger charge is -2.12. The Labute approximate surface area is 168 Å². The van der Waals surface area contributed by atoms with Crippen molar-refractivity contribution in [1.29, 1.82) is 0 Å². The lowest BCUT2D eigenvalue weighted by Crippen LogP contribution is -2.01. The van der Waals surface area contributed by atoms with Crippen LogP contribution < -0.4 is 20.1 Å². The van der Waals surface area contributed by atoms with Crippen molar-refractivity contribution in [1.82, 2.24) is 9.97 Å². The van der Waals surface area contributed by atoms with Crippen LogP contribution in [0.3, 0.4) is 0 Å². The summed E-state index contributed by atoms with van der Waals surface area (Å²) in [6, 6.07) is 27.4. The average molecular weight is 382 g/mol. The maximum absolute atomic E-state index is 5.47. The van der Waals surface area contributed by atoms with E-state index in [9.17, 15) is 0 Å². The van der Waals surface area contributed by atoms with Crippen molar-refractivity contribution in [2.24, 2.45) is 0 Å². The SMILES string of the molecule is c1ccc(Nc2cc(Nc3ccc4c(c3)OCO4)nc(-c3ccccc3)n2)cc1. The molecule has 0 amide bonds. The summed E-state index contributed by atoms with van der Waals surface area (Å²) in [4.78, 5) is 9.39. The van der Waals surface area contributed by atoms with Crippen LogP contribution in [0.25, 0.3) is 11.4 Å². The zero-order chi connectivity index (χ0) is 19.5. The first-order valence-corrected chi connectivity index (χ1v) is 9.27. The zero-order valence-corrected chi connectivity index (χ0v) is 15.5. The van der Waals surface area contributed by atoms with E-state index in [1.54, 1.807) is 0 Å². The Balaban J connectivity index is 1.50. The van der Waals surface area contributed by atoms with Gasteiger partial charge < -0.3 is 20.1 Å². The molecule has 0 atom stereocenters. The van der Waals surface area contributed by atoms with Gasteiger partial charge in [0.05, 0.1) is 0 Å². The van der Waals surface area contributed by atoms with Crippen LogP contribution in [0.4, 0.5) is 23.0 Å². The third kappa shape index (κ3) is 3.82. The van der Waals surface area contributed by atoms with Crippen molar-refractivity contribution >= 4 is 23.0 Å². The van der Waals surface area contributed by atoms with Crippen LogP contribution in [-0.4, -0.2) is 16.8 Å². The summed E-state index contributed by atoms with van der Waals surface area (Å²) in [5.41, 5.74) is 2.76. The van der Waals surface area contributed by atoms with Crippen LogP contribution in [0.15, 0.2) is 84.9 Å². The van der Waals surface area contributed by atoms with E-state index in [-0.39, 0.29) is 6.79 Å². The van der Waals surface area contributed by atoms with Gasteiger partial charge in [0.1, 0.15) is 11.6 Å². The van der Waals surface area contributed by atoms with Crippen LogP contribution in [0.5, 0.6) is 11.5 Å². The van der Waals surface area contributed by atoms with Gasteiger partial charge in [-0.2, -0.15) is 0 Å². The van der Waals surface area contributed by atoms with E-state index in [0.717, 1.165) is 28.4 Å². The van der Waals surface area contributed by atoms with E-state index in [1.807, 2.05) is 84.9 Å². The van der Waals surface area contributed by atoms with Gasteiger partial charge in [-0.25, -0.2) is 9.97 Å². The largest absolute Gasteiger partial charge is 0.454 e. The molecule has 3 aromatic carbocycles. The van der Waals surface area contributed by atoms with Crippen molar-refractivity contribution in [3.63, 3.8) is 0 Å². The Morgan fingerprint density at radius 2 is 1.28 bits per heavy atom. The molecule has 0 spiro atoms. The third-order valence-electron chi connectivity index (χ3n) is 4.45. The second-order valence-electron chi connectivity index (χ2n) is 6.51. The fourth-order valence-corrected chi connectivity index (χ4v) is 3.08. The highest BCUT2D eigenvalue weighted by molar-refractivity contribution is 5.69. The van der Waals surface area contributed by atoms with Gasteiger partial charge in [-0.1, -0.05) is 48.5 Å². The van der Waals surface area contributed by atoms with Crippen molar-refractivity contribution in [2.75, 3.05) is 17.4 Å². The monoisotopic (exact) mass is 382 g/mol. The van der Waals surface area contributed by atoms with Crippen LogP contribution in [0.1, 0.15) is 0 Å². The highest BCUT2D eigenvalue weighted by Gasteiger charge is 2.14. The second-order valence-corrected chi connectivity index (χ2v) is 6.51. The third-order valence-corrected chi connectivity index (χ3v) is 4.45. The summed E-state index contributed by atoms with van der Waals surface area (Å²) in [7, 11) is 0. The topological polar surface area (TPSA) is 68.3 Å². The Bertz CT molecular complexity index is 1130. The predicted molar refractivity (Wildman–Crippen MR) is 113 cm³/mol. The molecule has 1 aliphatic rings. The number of hydrogen-bond acceptors (Lipinski definition) is 6. The smallest absolute Gasteiger partial charge is 0.231 e. The molecule has 4 aromatic rings. The van der Waals surface area contributed by atoms with Gasteiger partial charge in [-0.3, -0.25) is 0 Å². The Hall–Kier alpha value is -4.06. The predicted octanol–water partition coefficient (Wildman–Crippen LogP) is 5.36. The minimum absolute atomic E-state index is 0.246. The van der Waals surface area contributed by atoms with Gasteiger partial charge in [0, 0.05) is 29.1 Å². The molecule has 6 heteroatoms. The van der Waals surface area contributed by atoms with Gasteiger partial charge in [0.2, 0.25) is 6.79 Å². The number of anilines is 4. The van der Waals surface area contributed by atoms with E-state index < -0.39 is 0 Å². The van der Waals surface area contributed by atoms with Crippen molar-refractivity contribution in [2.45, 2.75) is 0 Å². The maximum atomic E-state index is 5.47. The normalized spacial score (nSPS) is 11.9. The van der Waals surface area contributed by atoms with Crippen molar-refractivity contribution in [3.8, 4) is 22.9 Å². The first-order valence-electron chi connectivity index (χ1n) is 9.27. The Kier molecular flexibility index (Phi) is 4.42. The minimum atomic E-state index is 0.246. The number of rotatable bonds is 5. The summed E-state index contributed by atoms with van der Waals surface area (Å²) in [5.74, 6) is 3.48. The molecule has 2 heterocycles. The fourth-order valence-electron chi connectivity index (χ4n) is 3.08. The second kappa shape index (κ2) is 7.52. The number of hydrogen-bond donors (Lipinski definition) is 2. The minimum Gasteiger partial charge on any atom is -0.454 e. The first kappa shape index (κ1) is 17.1. The van der Waals surface area contributed by atoms with Gasteiger partial charge in [0.25, 0.3) is 0 Å². The van der Waals surface area contributed by atoms with Crippen molar-refractivity contribution in [3.05, 3.63) is 84.9 Å². The van der Waals surface area contributed by atoms with Gasteiger partial charge in [-0.05, 0) is 24.3 Å². The van der Waals surface area contributed by atoms with E-state index in [0.29, 0.717) is 17.5 Å². The molecular formula is C23H18N4O2. The van der Waals surface area contributed by atoms with Crippen LogP contribution >= 0.6 is 0 Å². The molecule has 142 valence electrons. The molecule has 5 rings (SSSR count). The Morgan fingerprint density at radius 3 is 2.03 bits per heavy atom. The number of ether oxygens (including phenoxy) is 2. The molecule has 0 aliphatic carbocycles. The summed E-state index contributed by atoms with van der Waals surface area (Å²) in [6.07, 6.45) is 0. The number of fused-ring (bicyclic) bond motifs is 1. The van der Waals surface area contributed by atoms with E-state index in [4.69, 9.17) is 19.4 Å². The highest BCUT2D eigenvalue weighted by atomic mass is 16.7. The number of nitrogens with one attached hydrogen (secondary N) is 2. The first-order chi connectivity index (χ1) is 14.3. The van der Waals surface area contributed by atoms with Crippen molar-refractivity contribution < 1.29 is 9.47 Å². The standard InChI is InChI=1S/C23H18N4O2/c1-3-7-16(8-4-1)23-26-21(24-17-9-5-2-6-10-17)14-22(27-23)25-18-11-12-19-20(13-18)29-15-28-19/h1-14H,15H2,(H2,24,25,26,27). The lowest BCUT2D eigenvalue weighted by atomic mass is 10.2. The van der Waals surface area contributed by atoms with Crippen LogP contribution in [0.2, 0.25) is 0 Å².